The molecule has 0 saturated heterocycles. The second kappa shape index (κ2) is 7.99. The number of anilines is 3. The van der Waals surface area contributed by atoms with E-state index in [0.717, 1.165) is 49.1 Å². The summed E-state index contributed by atoms with van der Waals surface area (Å²) in [6.07, 6.45) is 2.16. The Balaban J connectivity index is 2.25. The highest BCUT2D eigenvalue weighted by Crippen LogP contribution is 2.21. The molecule has 0 bridgehead atoms. The number of nitrogens with one attached hydrogen (secondary N) is 1. The summed E-state index contributed by atoms with van der Waals surface area (Å²) >= 11 is 6.03. The standard InChI is InChI=1S/C17H23ClN4/c1-4-9-22(10-5-2)17-19-13(3)11-16(21-17)20-15-8-6-7-14(18)12-15/h6-8,11-12H,4-5,9-10H2,1-3H3,(H,19,20,21). The second-order valence-corrected chi connectivity index (χ2v) is 5.75. The first-order chi connectivity index (χ1) is 10.6. The van der Waals surface area contributed by atoms with Crippen LogP contribution >= 0.6 is 11.6 Å². The highest BCUT2D eigenvalue weighted by atomic mass is 35.5. The van der Waals surface area contributed by atoms with Crippen molar-refractivity contribution >= 4 is 29.1 Å². The highest BCUT2D eigenvalue weighted by molar-refractivity contribution is 6.30. The lowest BCUT2D eigenvalue weighted by atomic mass is 10.3. The van der Waals surface area contributed by atoms with Gasteiger partial charge in [0.1, 0.15) is 5.82 Å². The van der Waals surface area contributed by atoms with Gasteiger partial charge in [0.05, 0.1) is 0 Å². The summed E-state index contributed by atoms with van der Waals surface area (Å²) in [6, 6.07) is 9.57. The van der Waals surface area contributed by atoms with Crippen LogP contribution in [0.4, 0.5) is 17.5 Å². The largest absolute Gasteiger partial charge is 0.341 e. The Hall–Kier alpha value is -1.81. The number of aromatic nitrogens is 2. The predicted octanol–water partition coefficient (Wildman–Crippen LogP) is 4.81. The van der Waals surface area contributed by atoms with Crippen molar-refractivity contribution in [2.24, 2.45) is 0 Å². The van der Waals surface area contributed by atoms with Gasteiger partial charge in [0, 0.05) is 35.6 Å². The van der Waals surface area contributed by atoms with Crippen LogP contribution in [0.2, 0.25) is 5.02 Å². The van der Waals surface area contributed by atoms with E-state index in [-0.39, 0.29) is 0 Å². The maximum absolute atomic E-state index is 6.03. The van der Waals surface area contributed by atoms with Crippen LogP contribution < -0.4 is 10.2 Å². The molecule has 0 aliphatic carbocycles. The zero-order chi connectivity index (χ0) is 15.9. The van der Waals surface area contributed by atoms with E-state index >= 15 is 0 Å². The molecule has 5 heteroatoms. The minimum Gasteiger partial charge on any atom is -0.341 e. The third kappa shape index (κ3) is 4.60. The van der Waals surface area contributed by atoms with Crippen molar-refractivity contribution in [2.75, 3.05) is 23.3 Å². The lowest BCUT2D eigenvalue weighted by molar-refractivity contribution is 0.720. The van der Waals surface area contributed by atoms with Crippen molar-refractivity contribution in [3.8, 4) is 0 Å². The van der Waals surface area contributed by atoms with Crippen LogP contribution in [0.3, 0.4) is 0 Å². The molecule has 0 saturated carbocycles. The Labute approximate surface area is 137 Å². The van der Waals surface area contributed by atoms with Crippen molar-refractivity contribution in [2.45, 2.75) is 33.6 Å². The van der Waals surface area contributed by atoms with Gasteiger partial charge in [-0.25, -0.2) is 4.98 Å². The topological polar surface area (TPSA) is 41.1 Å². The number of benzene rings is 1. The molecule has 0 aliphatic rings. The molecule has 4 nitrogen and oxygen atoms in total. The van der Waals surface area contributed by atoms with E-state index in [1.165, 1.54) is 0 Å². The molecule has 0 radical (unpaired) electrons. The molecule has 22 heavy (non-hydrogen) atoms. The van der Waals surface area contributed by atoms with Crippen LogP contribution in [0.5, 0.6) is 0 Å². The Morgan fingerprint density at radius 1 is 1.09 bits per heavy atom. The number of rotatable bonds is 7. The Morgan fingerprint density at radius 2 is 1.82 bits per heavy atom. The summed E-state index contributed by atoms with van der Waals surface area (Å²) in [6.45, 7) is 8.26. The monoisotopic (exact) mass is 318 g/mol. The van der Waals surface area contributed by atoms with E-state index in [1.807, 2.05) is 37.3 Å². The SMILES string of the molecule is CCCN(CCC)c1nc(C)cc(Nc2cccc(Cl)c2)n1. The zero-order valence-corrected chi connectivity index (χ0v) is 14.2. The van der Waals surface area contributed by atoms with Crippen LogP contribution in [0.25, 0.3) is 0 Å². The van der Waals surface area contributed by atoms with E-state index in [4.69, 9.17) is 11.6 Å². The smallest absolute Gasteiger partial charge is 0.227 e. The summed E-state index contributed by atoms with van der Waals surface area (Å²) < 4.78 is 0. The van der Waals surface area contributed by atoms with Crippen LogP contribution in [0, 0.1) is 6.92 Å². The molecule has 2 rings (SSSR count). The first-order valence-corrected chi connectivity index (χ1v) is 8.13. The summed E-state index contributed by atoms with van der Waals surface area (Å²) in [5.74, 6) is 1.58. The minimum absolute atomic E-state index is 0.703. The molecule has 118 valence electrons. The van der Waals surface area contributed by atoms with Gasteiger partial charge in [-0.05, 0) is 38.0 Å². The van der Waals surface area contributed by atoms with Crippen molar-refractivity contribution in [3.63, 3.8) is 0 Å². The predicted molar refractivity (Wildman–Crippen MR) is 94.3 cm³/mol. The lowest BCUT2D eigenvalue weighted by Crippen LogP contribution is -2.27. The van der Waals surface area contributed by atoms with Gasteiger partial charge >= 0.3 is 0 Å². The maximum atomic E-state index is 6.03. The molecule has 0 aliphatic heterocycles. The van der Waals surface area contributed by atoms with Gasteiger partial charge in [-0.2, -0.15) is 4.98 Å². The highest BCUT2D eigenvalue weighted by Gasteiger charge is 2.10. The molecular weight excluding hydrogens is 296 g/mol. The van der Waals surface area contributed by atoms with Gasteiger partial charge < -0.3 is 10.2 Å². The molecule has 0 atom stereocenters. The maximum Gasteiger partial charge on any atom is 0.227 e. The molecular formula is C17H23ClN4. The lowest BCUT2D eigenvalue weighted by Gasteiger charge is -2.22. The molecule has 0 spiro atoms. The Morgan fingerprint density at radius 3 is 2.45 bits per heavy atom. The third-order valence-electron chi connectivity index (χ3n) is 3.21. The third-order valence-corrected chi connectivity index (χ3v) is 3.44. The molecule has 2 aromatic rings. The van der Waals surface area contributed by atoms with Gasteiger partial charge in [0.15, 0.2) is 0 Å². The fourth-order valence-electron chi connectivity index (χ4n) is 2.32. The summed E-state index contributed by atoms with van der Waals surface area (Å²) in [5, 5.41) is 4.01. The fraction of sp³-hybridized carbons (Fsp3) is 0.412. The molecule has 1 heterocycles. The van der Waals surface area contributed by atoms with Gasteiger partial charge in [0.25, 0.3) is 0 Å². The number of halogens is 1. The van der Waals surface area contributed by atoms with E-state index in [9.17, 15) is 0 Å². The normalized spacial score (nSPS) is 10.5. The summed E-state index contributed by atoms with van der Waals surface area (Å²) in [4.78, 5) is 11.5. The van der Waals surface area contributed by atoms with Crippen molar-refractivity contribution in [3.05, 3.63) is 41.0 Å². The first kappa shape index (κ1) is 16.6. The molecule has 0 fully saturated rings. The van der Waals surface area contributed by atoms with E-state index in [2.05, 4.69) is 34.0 Å². The molecule has 0 unspecified atom stereocenters. The molecule has 1 aromatic carbocycles. The van der Waals surface area contributed by atoms with Gasteiger partial charge in [-0.3, -0.25) is 0 Å². The minimum atomic E-state index is 0.703. The Kier molecular flexibility index (Phi) is 6.01. The first-order valence-electron chi connectivity index (χ1n) is 7.75. The van der Waals surface area contributed by atoms with Gasteiger partial charge in [-0.1, -0.05) is 31.5 Å². The van der Waals surface area contributed by atoms with Crippen LogP contribution in [0.1, 0.15) is 32.4 Å². The number of aryl methyl sites for hydroxylation is 1. The zero-order valence-electron chi connectivity index (χ0n) is 13.4. The molecule has 1 N–H and O–H groups in total. The molecule has 1 aromatic heterocycles. The van der Waals surface area contributed by atoms with Crippen LogP contribution in [-0.2, 0) is 0 Å². The second-order valence-electron chi connectivity index (χ2n) is 5.32. The summed E-state index contributed by atoms with van der Waals surface area (Å²) in [7, 11) is 0. The van der Waals surface area contributed by atoms with E-state index < -0.39 is 0 Å². The van der Waals surface area contributed by atoms with Crippen molar-refractivity contribution in [1.29, 1.82) is 0 Å². The average molecular weight is 319 g/mol. The fourth-order valence-corrected chi connectivity index (χ4v) is 2.51. The Bertz CT molecular complexity index is 609. The number of hydrogen-bond donors (Lipinski definition) is 1. The summed E-state index contributed by atoms with van der Waals surface area (Å²) in [5.41, 5.74) is 1.88. The average Bonchev–Trinajstić information content (AvgIpc) is 2.46. The quantitative estimate of drug-likeness (QED) is 0.795. The van der Waals surface area contributed by atoms with Gasteiger partial charge in [-0.15, -0.1) is 0 Å². The van der Waals surface area contributed by atoms with Gasteiger partial charge in [0.2, 0.25) is 5.95 Å². The van der Waals surface area contributed by atoms with E-state index in [0.29, 0.717) is 5.02 Å². The number of hydrogen-bond acceptors (Lipinski definition) is 4. The number of nitrogens with zero attached hydrogens (tertiary/aromatic N) is 3. The van der Waals surface area contributed by atoms with Crippen molar-refractivity contribution < 1.29 is 0 Å². The van der Waals surface area contributed by atoms with Crippen molar-refractivity contribution in [1.82, 2.24) is 9.97 Å². The molecule has 0 amide bonds. The van der Waals surface area contributed by atoms with E-state index in [1.54, 1.807) is 0 Å². The van der Waals surface area contributed by atoms with Crippen LogP contribution in [-0.4, -0.2) is 23.1 Å². The van der Waals surface area contributed by atoms with Crippen LogP contribution in [0.15, 0.2) is 30.3 Å².